The minimum absolute atomic E-state index is 0.123. The molecule has 4 rings (SSSR count). The molecular formula is C24H27FN4O. The summed E-state index contributed by atoms with van der Waals surface area (Å²) in [7, 11) is 2.13. The van der Waals surface area contributed by atoms with Gasteiger partial charge in [-0.25, -0.2) is 4.39 Å². The van der Waals surface area contributed by atoms with Crippen molar-refractivity contribution < 1.29 is 9.18 Å². The van der Waals surface area contributed by atoms with Crippen LogP contribution in [0.3, 0.4) is 0 Å². The Bertz CT molecular complexity index is 993. The zero-order valence-corrected chi connectivity index (χ0v) is 17.2. The minimum Gasteiger partial charge on any atom is -0.354 e. The zero-order chi connectivity index (χ0) is 20.9. The summed E-state index contributed by atoms with van der Waals surface area (Å²) in [5.74, 6) is -0.427. The minimum atomic E-state index is -0.304. The van der Waals surface area contributed by atoms with Gasteiger partial charge in [-0.2, -0.15) is 0 Å². The van der Waals surface area contributed by atoms with E-state index in [1.807, 2.05) is 42.5 Å². The van der Waals surface area contributed by atoms with E-state index in [0.29, 0.717) is 17.7 Å². The van der Waals surface area contributed by atoms with Crippen LogP contribution in [0.25, 0.3) is 22.5 Å². The molecule has 0 unspecified atom stereocenters. The molecule has 0 atom stereocenters. The van der Waals surface area contributed by atoms with Crippen LogP contribution in [-0.4, -0.2) is 67.0 Å². The topological polar surface area (TPSA) is 51.4 Å². The maximum atomic E-state index is 13.7. The molecule has 6 heteroatoms. The van der Waals surface area contributed by atoms with Gasteiger partial charge in [-0.1, -0.05) is 42.5 Å². The number of hydrogen-bond donors (Lipinski definition) is 2. The van der Waals surface area contributed by atoms with Crippen LogP contribution >= 0.6 is 0 Å². The number of benzene rings is 2. The number of aromatic nitrogens is 1. The average molecular weight is 407 g/mol. The van der Waals surface area contributed by atoms with Crippen molar-refractivity contribution in [2.45, 2.75) is 0 Å². The van der Waals surface area contributed by atoms with E-state index in [9.17, 15) is 9.18 Å². The van der Waals surface area contributed by atoms with E-state index in [2.05, 4.69) is 27.1 Å². The molecule has 0 radical (unpaired) electrons. The molecule has 0 bridgehead atoms. The number of amides is 1. The number of nitrogens with one attached hydrogen (secondary N) is 2. The van der Waals surface area contributed by atoms with E-state index in [-0.39, 0.29) is 11.7 Å². The van der Waals surface area contributed by atoms with Crippen LogP contribution in [0.4, 0.5) is 4.39 Å². The lowest BCUT2D eigenvalue weighted by Crippen LogP contribution is -2.46. The lowest BCUT2D eigenvalue weighted by Gasteiger charge is -2.32. The third kappa shape index (κ3) is 4.78. The van der Waals surface area contributed by atoms with E-state index in [4.69, 9.17) is 0 Å². The van der Waals surface area contributed by atoms with Crippen molar-refractivity contribution in [1.29, 1.82) is 0 Å². The number of carbonyl (C=O) groups excluding carboxylic acids is 1. The van der Waals surface area contributed by atoms with Crippen molar-refractivity contribution in [3.05, 3.63) is 72.0 Å². The fourth-order valence-electron chi connectivity index (χ4n) is 3.77. The normalized spacial score (nSPS) is 15.3. The highest BCUT2D eigenvalue weighted by molar-refractivity contribution is 6.01. The van der Waals surface area contributed by atoms with Crippen molar-refractivity contribution >= 4 is 5.91 Å². The Kier molecular flexibility index (Phi) is 6.26. The molecule has 1 aliphatic rings. The van der Waals surface area contributed by atoms with Gasteiger partial charge in [0.15, 0.2) is 0 Å². The fourth-order valence-corrected chi connectivity index (χ4v) is 3.77. The Morgan fingerprint density at radius 1 is 1.00 bits per heavy atom. The summed E-state index contributed by atoms with van der Waals surface area (Å²) in [5, 5.41) is 3.06. The molecule has 1 aromatic heterocycles. The lowest BCUT2D eigenvalue weighted by molar-refractivity contribution is 0.0942. The molecule has 1 saturated heterocycles. The van der Waals surface area contributed by atoms with Crippen LogP contribution in [0.2, 0.25) is 0 Å². The molecule has 30 heavy (non-hydrogen) atoms. The monoisotopic (exact) mass is 406 g/mol. The molecule has 0 spiro atoms. The second kappa shape index (κ2) is 9.24. The molecule has 3 aromatic rings. The maximum Gasteiger partial charge on any atom is 0.253 e. The number of nitrogens with zero attached hydrogens (tertiary/aromatic N) is 2. The number of H-pyrrole nitrogens is 1. The number of halogens is 1. The molecule has 1 aliphatic heterocycles. The first-order valence-corrected chi connectivity index (χ1v) is 10.3. The second-order valence-corrected chi connectivity index (χ2v) is 7.75. The van der Waals surface area contributed by atoms with Crippen molar-refractivity contribution in [2.24, 2.45) is 0 Å². The molecule has 5 nitrogen and oxygen atoms in total. The zero-order valence-electron chi connectivity index (χ0n) is 17.2. The third-order valence-electron chi connectivity index (χ3n) is 5.57. The Morgan fingerprint density at radius 3 is 2.47 bits per heavy atom. The summed E-state index contributed by atoms with van der Waals surface area (Å²) in [4.78, 5) is 21.0. The Balaban J connectivity index is 1.52. The lowest BCUT2D eigenvalue weighted by atomic mass is 10.1. The molecular weight excluding hydrogens is 379 g/mol. The molecule has 0 saturated carbocycles. The summed E-state index contributed by atoms with van der Waals surface area (Å²) in [6.07, 6.45) is 0. The highest BCUT2D eigenvalue weighted by Gasteiger charge is 2.19. The van der Waals surface area contributed by atoms with E-state index in [0.717, 1.165) is 49.7 Å². The van der Waals surface area contributed by atoms with Gasteiger partial charge in [-0.15, -0.1) is 0 Å². The van der Waals surface area contributed by atoms with Crippen LogP contribution in [0, 0.1) is 5.82 Å². The third-order valence-corrected chi connectivity index (χ3v) is 5.57. The van der Waals surface area contributed by atoms with Gasteiger partial charge < -0.3 is 15.2 Å². The predicted molar refractivity (Wildman–Crippen MR) is 118 cm³/mol. The molecule has 2 aromatic carbocycles. The SMILES string of the molecule is CN1CCN(CCNC(=O)c2cc(-c3cccc(F)c3)[nH]c2-c2ccccc2)CC1. The molecule has 0 aliphatic carbocycles. The highest BCUT2D eigenvalue weighted by atomic mass is 19.1. The largest absolute Gasteiger partial charge is 0.354 e. The summed E-state index contributed by atoms with van der Waals surface area (Å²) in [6.45, 7) is 5.59. The van der Waals surface area contributed by atoms with Crippen molar-refractivity contribution in [3.8, 4) is 22.5 Å². The Hall–Kier alpha value is -2.96. The highest BCUT2D eigenvalue weighted by Crippen LogP contribution is 2.29. The molecule has 2 heterocycles. The van der Waals surface area contributed by atoms with Crippen molar-refractivity contribution in [1.82, 2.24) is 20.1 Å². The van der Waals surface area contributed by atoms with Crippen molar-refractivity contribution in [2.75, 3.05) is 46.3 Å². The summed E-state index contributed by atoms with van der Waals surface area (Å²) < 4.78 is 13.7. The Morgan fingerprint density at radius 2 is 1.73 bits per heavy atom. The van der Waals surface area contributed by atoms with Crippen LogP contribution < -0.4 is 5.32 Å². The van der Waals surface area contributed by atoms with Gasteiger partial charge in [0.25, 0.3) is 5.91 Å². The van der Waals surface area contributed by atoms with E-state index >= 15 is 0 Å². The summed E-state index contributed by atoms with van der Waals surface area (Å²) in [6, 6.07) is 17.9. The van der Waals surface area contributed by atoms with E-state index < -0.39 is 0 Å². The van der Waals surface area contributed by atoms with Gasteiger partial charge in [0.05, 0.1) is 11.3 Å². The summed E-state index contributed by atoms with van der Waals surface area (Å²) in [5.41, 5.74) is 3.66. The van der Waals surface area contributed by atoms with Crippen LogP contribution in [0.5, 0.6) is 0 Å². The standard InChI is InChI=1S/C24H27FN4O/c1-28-12-14-29(15-13-28)11-10-26-24(30)21-17-22(19-8-5-9-20(25)16-19)27-23(21)18-6-3-2-4-7-18/h2-9,16-17,27H,10-15H2,1H3,(H,26,30). The van der Waals surface area contributed by atoms with Gasteiger partial charge >= 0.3 is 0 Å². The smallest absolute Gasteiger partial charge is 0.253 e. The fraction of sp³-hybridized carbons (Fsp3) is 0.292. The number of piperazine rings is 1. The first kappa shape index (κ1) is 20.3. The average Bonchev–Trinajstić information content (AvgIpc) is 3.21. The second-order valence-electron chi connectivity index (χ2n) is 7.75. The van der Waals surface area contributed by atoms with Crippen molar-refractivity contribution in [3.63, 3.8) is 0 Å². The number of likely N-dealkylation sites (N-methyl/N-ethyl adjacent to an activating group) is 1. The maximum absolute atomic E-state index is 13.7. The van der Waals surface area contributed by atoms with Gasteiger partial charge in [-0.3, -0.25) is 9.69 Å². The van der Waals surface area contributed by atoms with E-state index in [1.54, 1.807) is 6.07 Å². The quantitative estimate of drug-likeness (QED) is 0.659. The van der Waals surface area contributed by atoms with Crippen LogP contribution in [0.1, 0.15) is 10.4 Å². The number of hydrogen-bond acceptors (Lipinski definition) is 3. The molecule has 1 fully saturated rings. The van der Waals surface area contributed by atoms with E-state index in [1.165, 1.54) is 12.1 Å². The van der Waals surface area contributed by atoms with Crippen LogP contribution in [0.15, 0.2) is 60.7 Å². The van der Waals surface area contributed by atoms with Gasteiger partial charge in [-0.05, 0) is 30.8 Å². The molecule has 156 valence electrons. The summed E-state index contributed by atoms with van der Waals surface area (Å²) >= 11 is 0. The number of aromatic amines is 1. The van der Waals surface area contributed by atoms with Gasteiger partial charge in [0.1, 0.15) is 5.82 Å². The number of carbonyl (C=O) groups is 1. The predicted octanol–water partition coefficient (Wildman–Crippen LogP) is 3.47. The van der Waals surface area contributed by atoms with Gasteiger partial charge in [0, 0.05) is 50.5 Å². The first-order valence-electron chi connectivity index (χ1n) is 10.3. The van der Waals surface area contributed by atoms with Crippen LogP contribution in [-0.2, 0) is 0 Å². The Labute approximate surface area is 176 Å². The molecule has 2 N–H and O–H groups in total. The number of rotatable bonds is 6. The first-order chi connectivity index (χ1) is 14.6. The molecule has 1 amide bonds. The van der Waals surface area contributed by atoms with Gasteiger partial charge in [0.2, 0.25) is 0 Å².